The number of rotatable bonds is 5. The number of thiophene rings is 1. The topological polar surface area (TPSA) is 33.5 Å². The Kier molecular flexibility index (Phi) is 5.43. The summed E-state index contributed by atoms with van der Waals surface area (Å²) < 4.78 is 0.772. The first-order chi connectivity index (χ1) is 9.54. The smallest absolute Gasteiger partial charge is 0.279 e. The van der Waals surface area contributed by atoms with Crippen LogP contribution in [0.5, 0.6) is 0 Å². The molecule has 3 nitrogen and oxygen atoms in total. The second-order valence-corrected chi connectivity index (χ2v) is 6.75. The second-order valence-electron chi connectivity index (χ2n) is 4.54. The molecule has 0 aliphatic rings. The van der Waals surface area contributed by atoms with Gasteiger partial charge < -0.3 is 10.2 Å². The molecule has 1 aromatic carbocycles. The predicted octanol–water partition coefficient (Wildman–Crippen LogP) is 2.71. The molecule has 1 amide bonds. The number of likely N-dealkylation sites (N-methyl/N-ethyl adjacent to an activating group) is 1. The predicted molar refractivity (Wildman–Crippen MR) is 84.9 cm³/mol. The first-order valence-corrected chi connectivity index (χ1v) is 7.72. The third kappa shape index (κ3) is 4.49. The summed E-state index contributed by atoms with van der Waals surface area (Å²) >= 11 is 13.4. The zero-order valence-electron chi connectivity index (χ0n) is 11.0. The lowest BCUT2D eigenvalue weighted by Gasteiger charge is -2.13. The molecule has 0 fully saturated rings. The van der Waals surface area contributed by atoms with E-state index in [1.807, 2.05) is 31.3 Å². The normalized spacial score (nSPS) is 12.2. The number of carbonyl (C=O) groups is 1. The van der Waals surface area contributed by atoms with Crippen molar-refractivity contribution in [2.75, 3.05) is 18.9 Å². The lowest BCUT2D eigenvalue weighted by Crippen LogP contribution is -3.08. The molecule has 106 valence electrons. The monoisotopic (exact) mass is 329 g/mol. The number of hydrogen-bond donors (Lipinski definition) is 2. The van der Waals surface area contributed by atoms with Gasteiger partial charge in [0.05, 0.1) is 27.0 Å². The quantitative estimate of drug-likeness (QED) is 0.868. The van der Waals surface area contributed by atoms with Crippen LogP contribution in [0.25, 0.3) is 0 Å². The Bertz CT molecular complexity index is 600. The van der Waals surface area contributed by atoms with E-state index >= 15 is 0 Å². The fraction of sp³-hybridized carbons (Fsp3) is 0.214. The van der Waals surface area contributed by atoms with Crippen LogP contribution in [0.15, 0.2) is 36.4 Å². The SMILES string of the molecule is C[NH+](CC(=O)Nc1ccccc1Cl)Cc1ccc(Cl)s1. The van der Waals surface area contributed by atoms with Crippen LogP contribution in [0.1, 0.15) is 4.88 Å². The first-order valence-electron chi connectivity index (χ1n) is 6.14. The van der Waals surface area contributed by atoms with E-state index in [4.69, 9.17) is 23.2 Å². The van der Waals surface area contributed by atoms with Gasteiger partial charge in [-0.25, -0.2) is 0 Å². The molecule has 1 heterocycles. The highest BCUT2D eigenvalue weighted by atomic mass is 35.5. The Morgan fingerprint density at radius 1 is 1.25 bits per heavy atom. The summed E-state index contributed by atoms with van der Waals surface area (Å²) in [4.78, 5) is 14.2. The summed E-state index contributed by atoms with van der Waals surface area (Å²) in [5.74, 6) is -0.0572. The maximum Gasteiger partial charge on any atom is 0.279 e. The van der Waals surface area contributed by atoms with Crippen molar-refractivity contribution < 1.29 is 9.69 Å². The summed E-state index contributed by atoms with van der Waals surface area (Å²) in [6.45, 7) is 1.15. The van der Waals surface area contributed by atoms with Gasteiger partial charge in [0.1, 0.15) is 6.54 Å². The average molecular weight is 330 g/mol. The van der Waals surface area contributed by atoms with Crippen LogP contribution in [0.2, 0.25) is 9.36 Å². The van der Waals surface area contributed by atoms with E-state index in [1.54, 1.807) is 23.5 Å². The first kappa shape index (κ1) is 15.3. The second kappa shape index (κ2) is 7.09. The molecule has 0 bridgehead atoms. The third-order valence-electron chi connectivity index (χ3n) is 2.72. The van der Waals surface area contributed by atoms with E-state index in [0.29, 0.717) is 17.3 Å². The van der Waals surface area contributed by atoms with Crippen molar-refractivity contribution in [3.8, 4) is 0 Å². The van der Waals surface area contributed by atoms with Gasteiger partial charge in [0, 0.05) is 0 Å². The maximum absolute atomic E-state index is 12.0. The van der Waals surface area contributed by atoms with Crippen LogP contribution >= 0.6 is 34.5 Å². The molecule has 2 N–H and O–H groups in total. The molecule has 0 saturated carbocycles. The van der Waals surface area contributed by atoms with Gasteiger partial charge in [-0.05, 0) is 24.3 Å². The molecule has 2 rings (SSSR count). The number of carbonyl (C=O) groups excluding carboxylic acids is 1. The number of halogens is 2. The zero-order valence-corrected chi connectivity index (χ0v) is 13.3. The van der Waals surface area contributed by atoms with Gasteiger partial charge in [-0.2, -0.15) is 0 Å². The summed E-state index contributed by atoms with van der Waals surface area (Å²) in [5, 5.41) is 3.36. The highest BCUT2D eigenvalue weighted by molar-refractivity contribution is 7.16. The Balaban J connectivity index is 1.86. The molecule has 0 aliphatic heterocycles. The number of benzene rings is 1. The lowest BCUT2D eigenvalue weighted by atomic mass is 10.3. The summed E-state index contributed by atoms with van der Waals surface area (Å²) in [5.41, 5.74) is 0.645. The standard InChI is InChI=1S/C14H14Cl2N2OS/c1-18(8-10-6-7-13(16)20-10)9-14(19)17-12-5-3-2-4-11(12)15/h2-7H,8-9H2,1H3,(H,17,19)/p+1. The highest BCUT2D eigenvalue weighted by Crippen LogP contribution is 2.21. The van der Waals surface area contributed by atoms with Crippen molar-refractivity contribution in [2.45, 2.75) is 6.54 Å². The molecule has 2 aromatic rings. The van der Waals surface area contributed by atoms with Gasteiger partial charge in [-0.15, -0.1) is 11.3 Å². The van der Waals surface area contributed by atoms with Crippen LogP contribution in [-0.4, -0.2) is 19.5 Å². The van der Waals surface area contributed by atoms with E-state index in [0.717, 1.165) is 20.7 Å². The molecule has 6 heteroatoms. The van der Waals surface area contributed by atoms with Crippen molar-refractivity contribution in [2.24, 2.45) is 0 Å². The molecule has 1 atom stereocenters. The van der Waals surface area contributed by atoms with Crippen molar-refractivity contribution in [1.82, 2.24) is 0 Å². The number of nitrogens with one attached hydrogen (secondary N) is 2. The molecular weight excluding hydrogens is 315 g/mol. The highest BCUT2D eigenvalue weighted by Gasteiger charge is 2.13. The molecule has 0 radical (unpaired) electrons. The Hall–Kier alpha value is -1.07. The molecule has 1 unspecified atom stereocenters. The minimum Gasteiger partial charge on any atom is -0.325 e. The molecule has 20 heavy (non-hydrogen) atoms. The van der Waals surface area contributed by atoms with Crippen molar-refractivity contribution in [3.63, 3.8) is 0 Å². The maximum atomic E-state index is 12.0. The van der Waals surface area contributed by atoms with E-state index in [2.05, 4.69) is 5.32 Å². The molecule has 1 aromatic heterocycles. The zero-order chi connectivity index (χ0) is 14.5. The van der Waals surface area contributed by atoms with Crippen molar-refractivity contribution in [3.05, 3.63) is 50.6 Å². The van der Waals surface area contributed by atoms with Gasteiger partial charge in [0.15, 0.2) is 6.54 Å². The van der Waals surface area contributed by atoms with Gasteiger partial charge in [0.2, 0.25) is 0 Å². The van der Waals surface area contributed by atoms with Gasteiger partial charge in [-0.1, -0.05) is 35.3 Å². The average Bonchev–Trinajstić information content (AvgIpc) is 2.77. The molecule has 0 spiro atoms. The van der Waals surface area contributed by atoms with Crippen LogP contribution < -0.4 is 10.2 Å². The Labute approximate surface area is 132 Å². The molecule has 0 aliphatic carbocycles. The Morgan fingerprint density at radius 3 is 2.65 bits per heavy atom. The van der Waals surface area contributed by atoms with Gasteiger partial charge >= 0.3 is 0 Å². The number of anilines is 1. The minimum atomic E-state index is -0.0572. The minimum absolute atomic E-state index is 0.0572. The van der Waals surface area contributed by atoms with E-state index in [1.165, 1.54) is 0 Å². The van der Waals surface area contributed by atoms with E-state index in [-0.39, 0.29) is 5.91 Å². The third-order valence-corrected chi connectivity index (χ3v) is 4.28. The van der Waals surface area contributed by atoms with Crippen LogP contribution in [0.4, 0.5) is 5.69 Å². The van der Waals surface area contributed by atoms with Crippen LogP contribution in [0.3, 0.4) is 0 Å². The fourth-order valence-electron chi connectivity index (χ4n) is 1.84. The van der Waals surface area contributed by atoms with Gasteiger partial charge in [0.25, 0.3) is 5.91 Å². The van der Waals surface area contributed by atoms with Crippen molar-refractivity contribution >= 4 is 46.1 Å². The van der Waals surface area contributed by atoms with E-state index in [9.17, 15) is 4.79 Å². The molecule has 0 saturated heterocycles. The Morgan fingerprint density at radius 2 is 2.00 bits per heavy atom. The summed E-state index contributed by atoms with van der Waals surface area (Å²) in [6.07, 6.45) is 0. The van der Waals surface area contributed by atoms with E-state index < -0.39 is 0 Å². The molecular formula is C14H15Cl2N2OS+. The largest absolute Gasteiger partial charge is 0.325 e. The lowest BCUT2D eigenvalue weighted by molar-refractivity contribution is -0.884. The van der Waals surface area contributed by atoms with Crippen LogP contribution in [0, 0.1) is 0 Å². The van der Waals surface area contributed by atoms with Crippen molar-refractivity contribution in [1.29, 1.82) is 0 Å². The number of amides is 1. The summed E-state index contributed by atoms with van der Waals surface area (Å²) in [7, 11) is 1.97. The van der Waals surface area contributed by atoms with Crippen LogP contribution in [-0.2, 0) is 11.3 Å². The fourth-order valence-corrected chi connectivity index (χ4v) is 3.22. The van der Waals surface area contributed by atoms with Gasteiger partial charge in [-0.3, -0.25) is 4.79 Å². The number of para-hydroxylation sites is 1. The number of quaternary nitrogens is 1. The summed E-state index contributed by atoms with van der Waals surface area (Å²) in [6, 6.07) is 11.1. The number of hydrogen-bond acceptors (Lipinski definition) is 2.